The highest BCUT2D eigenvalue weighted by Crippen LogP contribution is 2.27. The van der Waals surface area contributed by atoms with E-state index in [1.165, 1.54) is 17.8 Å². The van der Waals surface area contributed by atoms with Gasteiger partial charge in [0, 0.05) is 11.0 Å². The van der Waals surface area contributed by atoms with Crippen LogP contribution in [0, 0.1) is 10.1 Å². The fourth-order valence-corrected chi connectivity index (χ4v) is 3.40. The Kier molecular flexibility index (Phi) is 5.23. The largest absolute Gasteiger partial charge is 0.345 e. The Labute approximate surface area is 155 Å². The van der Waals surface area contributed by atoms with Crippen LogP contribution in [0.2, 0.25) is 0 Å². The topological polar surface area (TPSA) is 72.2 Å². The van der Waals surface area contributed by atoms with Gasteiger partial charge in [-0.2, -0.15) is 0 Å². The number of carbonyl (C=O) groups excluding carboxylic acids is 1. The van der Waals surface area contributed by atoms with Crippen molar-refractivity contribution in [2.75, 3.05) is 6.26 Å². The Bertz CT molecular complexity index is 982. The lowest BCUT2D eigenvalue weighted by Gasteiger charge is -2.17. The summed E-state index contributed by atoms with van der Waals surface area (Å²) >= 11 is 1.44. The predicted octanol–water partition coefficient (Wildman–Crippen LogP) is 4.96. The third-order valence-corrected chi connectivity index (χ3v) is 5.01. The maximum atomic E-state index is 12.7. The summed E-state index contributed by atoms with van der Waals surface area (Å²) in [7, 11) is 0. The van der Waals surface area contributed by atoms with Crippen molar-refractivity contribution in [1.29, 1.82) is 0 Å². The maximum absolute atomic E-state index is 12.7. The molecule has 26 heavy (non-hydrogen) atoms. The summed E-state index contributed by atoms with van der Waals surface area (Å²) < 4.78 is 0. The van der Waals surface area contributed by atoms with Gasteiger partial charge in [-0.15, -0.1) is 11.8 Å². The van der Waals surface area contributed by atoms with Crippen molar-refractivity contribution in [3.05, 3.63) is 81.9 Å². The number of nitro benzene ring substituents is 1. The van der Waals surface area contributed by atoms with Gasteiger partial charge in [0.15, 0.2) is 0 Å². The van der Waals surface area contributed by atoms with Crippen molar-refractivity contribution in [2.45, 2.75) is 17.9 Å². The highest BCUT2D eigenvalue weighted by molar-refractivity contribution is 7.98. The van der Waals surface area contributed by atoms with Crippen LogP contribution in [-0.4, -0.2) is 17.1 Å². The third kappa shape index (κ3) is 3.55. The van der Waals surface area contributed by atoms with Crippen molar-refractivity contribution < 1.29 is 9.72 Å². The summed E-state index contributed by atoms with van der Waals surface area (Å²) in [5.41, 5.74) is 0.861. The van der Waals surface area contributed by atoms with Crippen molar-refractivity contribution >= 4 is 34.1 Å². The molecule has 0 fully saturated rings. The zero-order valence-electron chi connectivity index (χ0n) is 14.4. The van der Waals surface area contributed by atoms with E-state index in [0.29, 0.717) is 0 Å². The molecule has 0 saturated carbocycles. The van der Waals surface area contributed by atoms with Crippen LogP contribution in [0.15, 0.2) is 65.6 Å². The van der Waals surface area contributed by atoms with Crippen LogP contribution in [0.25, 0.3) is 10.8 Å². The normalized spacial score (nSPS) is 11.9. The second kappa shape index (κ2) is 7.58. The molecule has 1 N–H and O–H groups in total. The average Bonchev–Trinajstić information content (AvgIpc) is 2.66. The van der Waals surface area contributed by atoms with E-state index in [-0.39, 0.29) is 17.3 Å². The molecule has 1 amide bonds. The van der Waals surface area contributed by atoms with E-state index in [9.17, 15) is 14.9 Å². The highest BCUT2D eigenvalue weighted by atomic mass is 32.2. The zero-order valence-corrected chi connectivity index (χ0v) is 15.2. The summed E-state index contributed by atoms with van der Waals surface area (Å²) in [6.07, 6.45) is 1.86. The predicted molar refractivity (Wildman–Crippen MR) is 105 cm³/mol. The lowest BCUT2D eigenvalue weighted by atomic mass is 9.99. The number of hydrogen-bond acceptors (Lipinski definition) is 4. The molecule has 0 aliphatic heterocycles. The van der Waals surface area contributed by atoms with Crippen molar-refractivity contribution in [2.24, 2.45) is 0 Å². The monoisotopic (exact) mass is 366 g/mol. The molecular weight excluding hydrogens is 348 g/mol. The molecule has 3 aromatic carbocycles. The quantitative estimate of drug-likeness (QED) is 0.393. The van der Waals surface area contributed by atoms with Crippen LogP contribution >= 0.6 is 11.8 Å². The Morgan fingerprint density at radius 2 is 1.85 bits per heavy atom. The van der Waals surface area contributed by atoms with Crippen molar-refractivity contribution in [3.8, 4) is 0 Å². The van der Waals surface area contributed by atoms with E-state index in [1.54, 1.807) is 12.1 Å². The molecule has 0 radical (unpaired) electrons. The van der Waals surface area contributed by atoms with Gasteiger partial charge in [-0.05, 0) is 41.6 Å². The zero-order chi connectivity index (χ0) is 18.7. The van der Waals surface area contributed by atoms with Gasteiger partial charge in [0.1, 0.15) is 5.56 Å². The number of nitrogens with one attached hydrogen (secondary N) is 1. The lowest BCUT2D eigenvalue weighted by molar-refractivity contribution is -0.385. The van der Waals surface area contributed by atoms with Gasteiger partial charge in [-0.3, -0.25) is 14.9 Å². The molecule has 0 saturated heterocycles. The molecule has 0 aliphatic carbocycles. The van der Waals surface area contributed by atoms with E-state index in [1.807, 2.05) is 55.6 Å². The van der Waals surface area contributed by atoms with E-state index in [2.05, 4.69) is 5.32 Å². The first-order valence-electron chi connectivity index (χ1n) is 8.12. The first kappa shape index (κ1) is 17.9. The average molecular weight is 366 g/mol. The van der Waals surface area contributed by atoms with Crippen LogP contribution in [-0.2, 0) is 0 Å². The number of thioether (sulfide) groups is 1. The minimum Gasteiger partial charge on any atom is -0.345 e. The van der Waals surface area contributed by atoms with Crippen LogP contribution in [0.3, 0.4) is 0 Å². The number of hydrogen-bond donors (Lipinski definition) is 1. The molecule has 3 rings (SSSR count). The molecular formula is C20H18N2O3S. The minimum absolute atomic E-state index is 0.0777. The number of benzene rings is 3. The summed E-state index contributed by atoms with van der Waals surface area (Å²) in [6.45, 7) is 1.88. The van der Waals surface area contributed by atoms with Crippen LogP contribution in [0.1, 0.15) is 28.9 Å². The number of nitro groups is 1. The molecule has 3 aromatic rings. The van der Waals surface area contributed by atoms with E-state index in [0.717, 1.165) is 21.2 Å². The van der Waals surface area contributed by atoms with Gasteiger partial charge in [-0.1, -0.05) is 42.5 Å². The summed E-state index contributed by atoms with van der Waals surface area (Å²) in [5, 5.41) is 16.3. The molecule has 0 spiro atoms. The SMILES string of the molecule is CSc1ccc([N+](=O)[O-])c(C(=O)NC(C)c2cccc3ccccc23)c1. The van der Waals surface area contributed by atoms with Crippen molar-refractivity contribution in [3.63, 3.8) is 0 Å². The first-order chi connectivity index (χ1) is 12.5. The maximum Gasteiger partial charge on any atom is 0.282 e. The van der Waals surface area contributed by atoms with E-state index < -0.39 is 10.8 Å². The number of amides is 1. The standard InChI is InChI=1S/C20H18N2O3S/c1-13(16-9-5-7-14-6-3-4-8-17(14)16)21-20(23)18-12-15(26-2)10-11-19(18)22(24)25/h3-13H,1-2H3,(H,21,23). The van der Waals surface area contributed by atoms with Gasteiger partial charge in [0.25, 0.3) is 11.6 Å². The fourth-order valence-electron chi connectivity index (χ4n) is 2.96. The molecule has 0 aliphatic rings. The Morgan fingerprint density at radius 3 is 2.58 bits per heavy atom. The Morgan fingerprint density at radius 1 is 1.12 bits per heavy atom. The van der Waals surface area contributed by atoms with Crippen LogP contribution in [0.4, 0.5) is 5.69 Å². The number of rotatable bonds is 5. The smallest absolute Gasteiger partial charge is 0.282 e. The Balaban J connectivity index is 1.93. The van der Waals surface area contributed by atoms with Crippen LogP contribution in [0.5, 0.6) is 0 Å². The highest BCUT2D eigenvalue weighted by Gasteiger charge is 2.22. The van der Waals surface area contributed by atoms with E-state index >= 15 is 0 Å². The number of nitrogens with zero attached hydrogens (tertiary/aromatic N) is 1. The first-order valence-corrected chi connectivity index (χ1v) is 9.34. The molecule has 1 unspecified atom stereocenters. The van der Waals surface area contributed by atoms with Gasteiger partial charge in [0.2, 0.25) is 0 Å². The number of fused-ring (bicyclic) bond motifs is 1. The molecule has 0 heterocycles. The van der Waals surface area contributed by atoms with Gasteiger partial charge >= 0.3 is 0 Å². The second-order valence-electron chi connectivity index (χ2n) is 5.90. The van der Waals surface area contributed by atoms with Gasteiger partial charge in [-0.25, -0.2) is 0 Å². The molecule has 0 aromatic heterocycles. The van der Waals surface area contributed by atoms with Gasteiger partial charge in [0.05, 0.1) is 11.0 Å². The fraction of sp³-hybridized carbons (Fsp3) is 0.150. The number of carbonyl (C=O) groups is 1. The van der Waals surface area contributed by atoms with Crippen molar-refractivity contribution in [1.82, 2.24) is 5.32 Å². The molecule has 0 bridgehead atoms. The third-order valence-electron chi connectivity index (χ3n) is 4.28. The molecule has 5 nitrogen and oxygen atoms in total. The summed E-state index contributed by atoms with van der Waals surface area (Å²) in [5.74, 6) is -0.451. The lowest BCUT2D eigenvalue weighted by Crippen LogP contribution is -2.27. The molecule has 6 heteroatoms. The Hall–Kier alpha value is -2.86. The molecule has 132 valence electrons. The minimum atomic E-state index is -0.526. The molecule has 1 atom stereocenters. The van der Waals surface area contributed by atoms with Crippen LogP contribution < -0.4 is 5.32 Å². The van der Waals surface area contributed by atoms with Gasteiger partial charge < -0.3 is 5.32 Å². The summed E-state index contributed by atoms with van der Waals surface area (Å²) in [6, 6.07) is 18.2. The van der Waals surface area contributed by atoms with E-state index in [4.69, 9.17) is 0 Å². The summed E-state index contributed by atoms with van der Waals surface area (Å²) in [4.78, 5) is 24.3. The second-order valence-corrected chi connectivity index (χ2v) is 6.78.